The maximum atomic E-state index is 5.26. The van der Waals surface area contributed by atoms with E-state index in [0.717, 1.165) is 54.8 Å². The molecule has 56 heavy (non-hydrogen) atoms. The van der Waals surface area contributed by atoms with Gasteiger partial charge in [-0.15, -0.1) is 0 Å². The van der Waals surface area contributed by atoms with Crippen LogP contribution < -0.4 is 0 Å². The highest BCUT2D eigenvalue weighted by molar-refractivity contribution is 6.14. The van der Waals surface area contributed by atoms with Crippen molar-refractivity contribution >= 4 is 75.9 Å². The zero-order valence-corrected chi connectivity index (χ0v) is 30.1. The van der Waals surface area contributed by atoms with Crippen LogP contribution in [0.4, 0.5) is 0 Å². The Morgan fingerprint density at radius 1 is 0.286 bits per heavy atom. The molecule has 0 aliphatic carbocycles. The minimum Gasteiger partial charge on any atom is -0.309 e. The Labute approximate surface area is 321 Å². The lowest BCUT2D eigenvalue weighted by Crippen LogP contribution is -2.06. The van der Waals surface area contributed by atoms with Crippen molar-refractivity contribution in [1.82, 2.24) is 24.1 Å². The van der Waals surface area contributed by atoms with Gasteiger partial charge in [-0.1, -0.05) is 133 Å². The van der Waals surface area contributed by atoms with Crippen LogP contribution in [0.25, 0.3) is 110 Å². The van der Waals surface area contributed by atoms with Crippen LogP contribution in [0.5, 0.6) is 0 Å². The van der Waals surface area contributed by atoms with Crippen LogP contribution in [-0.4, -0.2) is 24.1 Å². The summed E-state index contributed by atoms with van der Waals surface area (Å²) >= 11 is 0. The van der Waals surface area contributed by atoms with E-state index in [4.69, 9.17) is 15.0 Å². The Morgan fingerprint density at radius 2 is 0.750 bits per heavy atom. The molecule has 3 aromatic heterocycles. The number of rotatable bonds is 4. The number of aromatic nitrogens is 5. The quantitative estimate of drug-likeness (QED) is 0.182. The van der Waals surface area contributed by atoms with Crippen LogP contribution in [0.3, 0.4) is 0 Å². The monoisotopic (exact) mass is 713 g/mol. The summed E-state index contributed by atoms with van der Waals surface area (Å²) in [5.41, 5.74) is 7.51. The van der Waals surface area contributed by atoms with Crippen molar-refractivity contribution in [3.05, 3.63) is 188 Å². The highest BCUT2D eigenvalue weighted by atomic mass is 15.2. The second-order valence-electron chi connectivity index (χ2n) is 14.5. The zero-order chi connectivity index (χ0) is 36.7. The van der Waals surface area contributed by atoms with Gasteiger partial charge in [-0.25, -0.2) is 4.98 Å². The van der Waals surface area contributed by atoms with Gasteiger partial charge in [0.1, 0.15) is 0 Å². The third kappa shape index (κ3) is 4.71. The maximum absolute atomic E-state index is 5.26. The van der Waals surface area contributed by atoms with Crippen molar-refractivity contribution in [1.29, 1.82) is 0 Å². The molecule has 0 radical (unpaired) electrons. The third-order valence-corrected chi connectivity index (χ3v) is 11.3. The molecular formula is C51H31N5. The van der Waals surface area contributed by atoms with Crippen molar-refractivity contribution in [2.24, 2.45) is 0 Å². The number of fused-ring (bicyclic) bond motifs is 9. The number of hydrogen-bond acceptors (Lipinski definition) is 3. The molecule has 0 aliphatic rings. The molecule has 0 amide bonds. The molecule has 12 rings (SSSR count). The molecule has 3 heterocycles. The van der Waals surface area contributed by atoms with E-state index in [1.54, 1.807) is 0 Å². The molecular weight excluding hydrogens is 683 g/mol. The first kappa shape index (κ1) is 30.8. The molecule has 9 aromatic carbocycles. The van der Waals surface area contributed by atoms with Gasteiger partial charge in [0.15, 0.2) is 11.6 Å². The summed E-state index contributed by atoms with van der Waals surface area (Å²) in [7, 11) is 0. The lowest BCUT2D eigenvalue weighted by molar-refractivity contribution is 0.954. The van der Waals surface area contributed by atoms with Gasteiger partial charge in [-0.3, -0.25) is 4.57 Å². The Bertz CT molecular complexity index is 3400. The van der Waals surface area contributed by atoms with E-state index in [1.165, 1.54) is 38.0 Å². The molecule has 0 unspecified atom stereocenters. The summed E-state index contributed by atoms with van der Waals surface area (Å²) in [6.07, 6.45) is 0. The van der Waals surface area contributed by atoms with Gasteiger partial charge in [0.25, 0.3) is 0 Å². The molecule has 0 N–H and O–H groups in total. The SMILES string of the molecule is c1ccc2cc(-c3nc(-c4ccc5ccccc5c4)nc(-n4c5ccccc5c5cc6cc(-n7c8ccccc8c8ccccc87)ccc6cc54)n3)ccc2c1. The van der Waals surface area contributed by atoms with E-state index >= 15 is 0 Å². The van der Waals surface area contributed by atoms with Crippen LogP contribution in [0, 0.1) is 0 Å². The second kappa shape index (κ2) is 11.9. The number of hydrogen-bond donors (Lipinski definition) is 0. The summed E-state index contributed by atoms with van der Waals surface area (Å²) in [6, 6.07) is 67.0. The smallest absolute Gasteiger partial charge is 0.238 e. The first-order valence-electron chi connectivity index (χ1n) is 18.9. The van der Waals surface area contributed by atoms with Gasteiger partial charge in [0.05, 0.1) is 22.1 Å². The van der Waals surface area contributed by atoms with Gasteiger partial charge < -0.3 is 4.57 Å². The Morgan fingerprint density at radius 3 is 1.34 bits per heavy atom. The summed E-state index contributed by atoms with van der Waals surface area (Å²) < 4.78 is 4.59. The van der Waals surface area contributed by atoms with Crippen molar-refractivity contribution in [2.75, 3.05) is 0 Å². The predicted molar refractivity (Wildman–Crippen MR) is 232 cm³/mol. The largest absolute Gasteiger partial charge is 0.309 e. The molecule has 0 fully saturated rings. The van der Waals surface area contributed by atoms with E-state index in [-0.39, 0.29) is 0 Å². The first-order valence-corrected chi connectivity index (χ1v) is 18.9. The molecule has 0 spiro atoms. The lowest BCUT2D eigenvalue weighted by atomic mass is 10.1. The fourth-order valence-electron chi connectivity index (χ4n) is 8.64. The van der Waals surface area contributed by atoms with Gasteiger partial charge in [0.2, 0.25) is 5.95 Å². The van der Waals surface area contributed by atoms with Crippen LogP contribution in [-0.2, 0) is 0 Å². The minimum absolute atomic E-state index is 0.582. The minimum atomic E-state index is 0.582. The fraction of sp³-hybridized carbons (Fsp3) is 0. The number of para-hydroxylation sites is 3. The first-order chi connectivity index (χ1) is 27.7. The predicted octanol–water partition coefficient (Wildman–Crippen LogP) is 12.9. The molecule has 0 saturated carbocycles. The van der Waals surface area contributed by atoms with Crippen molar-refractivity contribution < 1.29 is 0 Å². The summed E-state index contributed by atoms with van der Waals surface area (Å²) in [6.45, 7) is 0. The van der Waals surface area contributed by atoms with Crippen molar-refractivity contribution in [3.63, 3.8) is 0 Å². The molecule has 0 bridgehead atoms. The van der Waals surface area contributed by atoms with Crippen LogP contribution in [0.1, 0.15) is 0 Å². The molecule has 0 aliphatic heterocycles. The average molecular weight is 714 g/mol. The Kier molecular flexibility index (Phi) is 6.56. The maximum Gasteiger partial charge on any atom is 0.238 e. The molecule has 5 nitrogen and oxygen atoms in total. The van der Waals surface area contributed by atoms with Crippen molar-refractivity contribution in [2.45, 2.75) is 0 Å². The number of benzene rings is 9. The summed E-state index contributed by atoms with van der Waals surface area (Å²) in [4.78, 5) is 15.7. The van der Waals surface area contributed by atoms with Gasteiger partial charge in [-0.05, 0) is 86.9 Å². The normalized spacial score (nSPS) is 11.9. The Hall–Kier alpha value is -7.63. The van der Waals surface area contributed by atoms with Gasteiger partial charge in [0, 0.05) is 38.4 Å². The highest BCUT2D eigenvalue weighted by Gasteiger charge is 2.20. The molecule has 260 valence electrons. The highest BCUT2D eigenvalue weighted by Crippen LogP contribution is 2.38. The zero-order valence-electron chi connectivity index (χ0n) is 30.1. The summed E-state index contributed by atoms with van der Waals surface area (Å²) in [5.74, 6) is 1.84. The van der Waals surface area contributed by atoms with Crippen LogP contribution in [0.2, 0.25) is 0 Å². The van der Waals surface area contributed by atoms with E-state index in [2.05, 4.69) is 197 Å². The fourth-order valence-corrected chi connectivity index (χ4v) is 8.64. The van der Waals surface area contributed by atoms with E-state index < -0.39 is 0 Å². The molecule has 5 heteroatoms. The molecule has 12 aromatic rings. The van der Waals surface area contributed by atoms with Gasteiger partial charge in [-0.2, -0.15) is 9.97 Å². The van der Waals surface area contributed by atoms with E-state index in [9.17, 15) is 0 Å². The summed E-state index contributed by atoms with van der Waals surface area (Å²) in [5, 5.41) is 11.8. The number of nitrogens with zero attached hydrogens (tertiary/aromatic N) is 5. The van der Waals surface area contributed by atoms with Crippen LogP contribution >= 0.6 is 0 Å². The van der Waals surface area contributed by atoms with E-state index in [0.29, 0.717) is 17.6 Å². The average Bonchev–Trinajstić information content (AvgIpc) is 3.77. The van der Waals surface area contributed by atoms with Gasteiger partial charge >= 0.3 is 0 Å². The molecule has 0 saturated heterocycles. The van der Waals surface area contributed by atoms with Crippen molar-refractivity contribution in [3.8, 4) is 34.4 Å². The molecule has 0 atom stereocenters. The standard InChI is InChI=1S/C51H31N5/c1-3-13-34-27-37(23-21-32(34)11-1)49-52-50(38-24-22-33-12-2-4-14-35(33)28-38)54-51(53-49)56-47-20-10-7-17-43(47)44-30-39-29-40(26-25-36(39)31-48(44)56)55-45-18-8-5-15-41(45)42-16-6-9-19-46(42)55/h1-31H. The lowest BCUT2D eigenvalue weighted by Gasteiger charge is -2.12. The second-order valence-corrected chi connectivity index (χ2v) is 14.5. The Balaban J connectivity index is 1.10. The topological polar surface area (TPSA) is 48.5 Å². The van der Waals surface area contributed by atoms with Crippen LogP contribution in [0.15, 0.2) is 188 Å². The third-order valence-electron chi connectivity index (χ3n) is 11.3. The van der Waals surface area contributed by atoms with E-state index in [1.807, 2.05) is 0 Å².